The summed E-state index contributed by atoms with van der Waals surface area (Å²) < 4.78 is 19.3. The maximum absolute atomic E-state index is 13.5. The van der Waals surface area contributed by atoms with Gasteiger partial charge in [-0.05, 0) is 59.3 Å². The van der Waals surface area contributed by atoms with Gasteiger partial charge in [-0.3, -0.25) is 9.98 Å². The van der Waals surface area contributed by atoms with Crippen LogP contribution in [0.3, 0.4) is 0 Å². The minimum absolute atomic E-state index is 0. The van der Waals surface area contributed by atoms with Crippen molar-refractivity contribution in [3.8, 4) is 5.75 Å². The number of hydrogen-bond donors (Lipinski definition) is 2. The predicted octanol–water partition coefficient (Wildman–Crippen LogP) is 5.15. The van der Waals surface area contributed by atoms with Gasteiger partial charge in [0.2, 0.25) is 0 Å². The molecule has 0 bridgehead atoms. The van der Waals surface area contributed by atoms with Crippen molar-refractivity contribution in [2.75, 3.05) is 13.3 Å². The third kappa shape index (κ3) is 8.31. The summed E-state index contributed by atoms with van der Waals surface area (Å²) in [7, 11) is 1.73. The standard InChI is InChI=1S/C24H27FN4OS.HI/c1-26-24(29-15-19-8-9-21(25)13-20(19)17-31-2)28-14-18-6-10-23(11-7-18)30-16-22-5-3-4-12-27-22;/h3-13H,14-17H2,1-2H3,(H2,26,28,29);1H. The summed E-state index contributed by atoms with van der Waals surface area (Å²) >= 11 is 1.67. The molecule has 0 radical (unpaired) electrons. The SMILES string of the molecule is CN=C(NCc1ccc(OCc2ccccn2)cc1)NCc1ccc(F)cc1CSC.I. The third-order valence-corrected chi connectivity index (χ3v) is 5.23. The number of aromatic nitrogens is 1. The molecule has 0 aliphatic rings. The average Bonchev–Trinajstić information content (AvgIpc) is 2.80. The van der Waals surface area contributed by atoms with Crippen LogP contribution in [0.15, 0.2) is 71.9 Å². The second-order valence-corrected chi connectivity index (χ2v) is 7.75. The highest BCUT2D eigenvalue weighted by Crippen LogP contribution is 2.17. The van der Waals surface area contributed by atoms with Gasteiger partial charge in [-0.2, -0.15) is 11.8 Å². The number of rotatable bonds is 9. The summed E-state index contributed by atoms with van der Waals surface area (Å²) in [6.45, 7) is 1.65. The van der Waals surface area contributed by atoms with E-state index < -0.39 is 0 Å². The monoisotopic (exact) mass is 566 g/mol. The van der Waals surface area contributed by atoms with Gasteiger partial charge in [-0.1, -0.05) is 24.3 Å². The molecule has 2 aromatic carbocycles. The molecule has 170 valence electrons. The van der Waals surface area contributed by atoms with Crippen LogP contribution in [0.4, 0.5) is 4.39 Å². The van der Waals surface area contributed by atoms with Gasteiger partial charge in [0.1, 0.15) is 18.2 Å². The van der Waals surface area contributed by atoms with Crippen LogP contribution in [0.1, 0.15) is 22.4 Å². The molecule has 2 N–H and O–H groups in total. The molecule has 3 rings (SSSR count). The molecule has 32 heavy (non-hydrogen) atoms. The minimum atomic E-state index is -0.206. The fourth-order valence-corrected chi connectivity index (χ4v) is 3.57. The topological polar surface area (TPSA) is 58.5 Å². The molecule has 0 aliphatic heterocycles. The number of halogens is 2. The van der Waals surface area contributed by atoms with E-state index in [4.69, 9.17) is 4.74 Å². The number of aliphatic imine (C=N–C) groups is 1. The van der Waals surface area contributed by atoms with Gasteiger partial charge in [0.15, 0.2) is 5.96 Å². The zero-order valence-electron chi connectivity index (χ0n) is 18.2. The first kappa shape index (κ1) is 25.9. The molecule has 0 spiro atoms. The third-order valence-electron chi connectivity index (χ3n) is 4.63. The zero-order chi connectivity index (χ0) is 21.9. The highest BCUT2D eigenvalue weighted by atomic mass is 127. The largest absolute Gasteiger partial charge is 0.487 e. The number of ether oxygens (including phenoxy) is 1. The number of pyridine rings is 1. The van der Waals surface area contributed by atoms with Gasteiger partial charge in [-0.15, -0.1) is 24.0 Å². The Morgan fingerprint density at radius 2 is 1.81 bits per heavy atom. The van der Waals surface area contributed by atoms with E-state index in [0.29, 0.717) is 25.7 Å². The average molecular weight is 566 g/mol. The van der Waals surface area contributed by atoms with Gasteiger partial charge in [0.25, 0.3) is 0 Å². The van der Waals surface area contributed by atoms with Crippen LogP contribution in [0.5, 0.6) is 5.75 Å². The van der Waals surface area contributed by atoms with Gasteiger partial charge >= 0.3 is 0 Å². The van der Waals surface area contributed by atoms with Crippen molar-refractivity contribution >= 4 is 41.7 Å². The predicted molar refractivity (Wildman–Crippen MR) is 141 cm³/mol. The van der Waals surface area contributed by atoms with Crippen LogP contribution in [0, 0.1) is 5.82 Å². The summed E-state index contributed by atoms with van der Waals surface area (Å²) in [5.41, 5.74) is 4.06. The molecule has 0 saturated carbocycles. The van der Waals surface area contributed by atoms with E-state index in [1.165, 1.54) is 6.07 Å². The van der Waals surface area contributed by atoms with Gasteiger partial charge in [0.05, 0.1) is 5.69 Å². The molecule has 5 nitrogen and oxygen atoms in total. The molecule has 1 aromatic heterocycles. The summed E-state index contributed by atoms with van der Waals surface area (Å²) in [6, 6.07) is 18.6. The molecule has 1 heterocycles. The number of nitrogens with zero attached hydrogens (tertiary/aromatic N) is 2. The molecular weight excluding hydrogens is 538 g/mol. The van der Waals surface area contributed by atoms with Crippen LogP contribution in [-0.4, -0.2) is 24.2 Å². The molecule has 8 heteroatoms. The molecule has 3 aromatic rings. The lowest BCUT2D eigenvalue weighted by molar-refractivity contribution is 0.301. The number of guanidine groups is 1. The van der Waals surface area contributed by atoms with Crippen molar-refractivity contribution in [3.63, 3.8) is 0 Å². The highest BCUT2D eigenvalue weighted by molar-refractivity contribution is 14.0. The van der Waals surface area contributed by atoms with Crippen molar-refractivity contribution in [3.05, 3.63) is 95.1 Å². The lowest BCUT2D eigenvalue weighted by atomic mass is 10.1. The van der Waals surface area contributed by atoms with Crippen LogP contribution in [0.2, 0.25) is 0 Å². The Morgan fingerprint density at radius 3 is 2.50 bits per heavy atom. The normalized spacial score (nSPS) is 10.9. The van der Waals surface area contributed by atoms with E-state index in [1.807, 2.05) is 54.8 Å². The smallest absolute Gasteiger partial charge is 0.191 e. The number of nitrogens with one attached hydrogen (secondary N) is 2. The molecule has 0 saturated heterocycles. The molecule has 0 amide bonds. The number of thioether (sulfide) groups is 1. The molecule has 0 fully saturated rings. The lowest BCUT2D eigenvalue weighted by Crippen LogP contribution is -2.36. The first-order valence-electron chi connectivity index (χ1n) is 10.0. The molecule has 0 atom stereocenters. The van der Waals surface area contributed by atoms with Crippen LogP contribution in [0.25, 0.3) is 0 Å². The van der Waals surface area contributed by atoms with Crippen LogP contribution < -0.4 is 15.4 Å². The zero-order valence-corrected chi connectivity index (χ0v) is 21.3. The Hall–Kier alpha value is -2.33. The van der Waals surface area contributed by atoms with E-state index >= 15 is 0 Å². The van der Waals surface area contributed by atoms with Crippen LogP contribution >= 0.6 is 35.7 Å². The van der Waals surface area contributed by atoms with Crippen molar-refractivity contribution in [1.29, 1.82) is 0 Å². The lowest BCUT2D eigenvalue weighted by Gasteiger charge is -2.14. The van der Waals surface area contributed by atoms with E-state index in [2.05, 4.69) is 20.6 Å². The second kappa shape index (κ2) is 13.9. The Morgan fingerprint density at radius 1 is 1.03 bits per heavy atom. The summed E-state index contributed by atoms with van der Waals surface area (Å²) in [5, 5.41) is 6.60. The maximum atomic E-state index is 13.5. The Bertz CT molecular complexity index is 987. The fraction of sp³-hybridized carbons (Fsp3) is 0.250. The molecular formula is C24H28FIN4OS. The van der Waals surface area contributed by atoms with Crippen molar-refractivity contribution in [1.82, 2.24) is 15.6 Å². The van der Waals surface area contributed by atoms with Crippen molar-refractivity contribution < 1.29 is 9.13 Å². The van der Waals surface area contributed by atoms with Gasteiger partial charge in [0, 0.05) is 32.1 Å². The van der Waals surface area contributed by atoms with E-state index in [9.17, 15) is 4.39 Å². The fourth-order valence-electron chi connectivity index (χ4n) is 2.99. The molecule has 0 aliphatic carbocycles. The maximum Gasteiger partial charge on any atom is 0.191 e. The van der Waals surface area contributed by atoms with Gasteiger partial charge < -0.3 is 15.4 Å². The first-order chi connectivity index (χ1) is 15.2. The van der Waals surface area contributed by atoms with Gasteiger partial charge in [-0.25, -0.2) is 4.39 Å². The van der Waals surface area contributed by atoms with E-state index in [1.54, 1.807) is 31.1 Å². The first-order valence-corrected chi connectivity index (χ1v) is 11.4. The highest BCUT2D eigenvalue weighted by Gasteiger charge is 2.06. The van der Waals surface area contributed by atoms with E-state index in [0.717, 1.165) is 33.9 Å². The quantitative estimate of drug-likeness (QED) is 0.213. The van der Waals surface area contributed by atoms with E-state index in [-0.39, 0.29) is 29.8 Å². The minimum Gasteiger partial charge on any atom is -0.487 e. The number of benzene rings is 2. The molecule has 0 unspecified atom stereocenters. The van der Waals surface area contributed by atoms with Crippen molar-refractivity contribution in [2.24, 2.45) is 4.99 Å². The number of hydrogen-bond acceptors (Lipinski definition) is 4. The summed E-state index contributed by atoms with van der Waals surface area (Å²) in [4.78, 5) is 8.53. The summed E-state index contributed by atoms with van der Waals surface area (Å²) in [6.07, 6.45) is 3.77. The van der Waals surface area contributed by atoms with Crippen molar-refractivity contribution in [2.45, 2.75) is 25.4 Å². The Balaban J connectivity index is 0.00000363. The second-order valence-electron chi connectivity index (χ2n) is 6.88. The Kier molecular flexibility index (Phi) is 11.3. The summed E-state index contributed by atoms with van der Waals surface area (Å²) in [5.74, 6) is 2.06. The Labute approximate surface area is 210 Å². The van der Waals surface area contributed by atoms with Crippen LogP contribution in [-0.2, 0) is 25.4 Å².